The van der Waals surface area contributed by atoms with Gasteiger partial charge >= 0.3 is 6.03 Å². The Balaban J connectivity index is 2.30. The Morgan fingerprint density at radius 1 is 1.38 bits per heavy atom. The predicted molar refractivity (Wildman–Crippen MR) is 80.9 cm³/mol. The number of hydrogen-bond donors (Lipinski definition) is 3. The number of urea groups is 1. The van der Waals surface area contributed by atoms with Crippen LogP contribution < -0.4 is 10.6 Å². The van der Waals surface area contributed by atoms with Crippen LogP contribution in [-0.4, -0.2) is 28.3 Å². The number of hydrogen-bond acceptors (Lipinski definition) is 4. The highest BCUT2D eigenvalue weighted by molar-refractivity contribution is 5.73. The molecule has 1 rings (SSSR count). The van der Waals surface area contributed by atoms with Crippen LogP contribution in [0.2, 0.25) is 0 Å². The van der Waals surface area contributed by atoms with Gasteiger partial charge in [0.25, 0.3) is 0 Å². The second-order valence-corrected chi connectivity index (χ2v) is 6.21. The molecule has 21 heavy (non-hydrogen) atoms. The highest BCUT2D eigenvalue weighted by Gasteiger charge is 2.21. The van der Waals surface area contributed by atoms with Gasteiger partial charge in [0.05, 0.1) is 17.8 Å². The van der Waals surface area contributed by atoms with E-state index in [1.165, 1.54) is 0 Å². The Morgan fingerprint density at radius 3 is 2.57 bits per heavy atom. The summed E-state index contributed by atoms with van der Waals surface area (Å²) in [5.41, 5.74) is -0.0682. The molecule has 6 nitrogen and oxygen atoms in total. The molecule has 1 heterocycles. The molecule has 0 fully saturated rings. The molecule has 1 aromatic heterocycles. The van der Waals surface area contributed by atoms with Gasteiger partial charge < -0.3 is 20.2 Å². The molecule has 1 unspecified atom stereocenters. The van der Waals surface area contributed by atoms with Crippen LogP contribution in [0.5, 0.6) is 0 Å². The summed E-state index contributed by atoms with van der Waals surface area (Å²) >= 11 is 0. The average molecular weight is 297 g/mol. The van der Waals surface area contributed by atoms with Crippen LogP contribution in [0.15, 0.2) is 4.42 Å². The molecule has 0 aromatic carbocycles. The summed E-state index contributed by atoms with van der Waals surface area (Å²) in [6.07, 6.45) is 1.58. The molecule has 120 valence electrons. The standard InChI is InChI=1S/C15H27N3O3/c1-10(2)6-7-15(5,20)9-17-14(19)16-8-13-18-11(3)12(4)21-13/h10,20H,6-9H2,1-5H3,(H2,16,17,19). The zero-order valence-electron chi connectivity index (χ0n) is 13.6. The van der Waals surface area contributed by atoms with Gasteiger partial charge in [-0.15, -0.1) is 0 Å². The van der Waals surface area contributed by atoms with Gasteiger partial charge in [-0.2, -0.15) is 0 Å². The molecule has 0 saturated carbocycles. The van der Waals surface area contributed by atoms with Crippen LogP contribution in [0.1, 0.15) is 51.0 Å². The Labute approximate surface area is 126 Å². The minimum absolute atomic E-state index is 0.217. The summed E-state index contributed by atoms with van der Waals surface area (Å²) in [7, 11) is 0. The fourth-order valence-corrected chi connectivity index (χ4v) is 1.79. The van der Waals surface area contributed by atoms with E-state index < -0.39 is 5.60 Å². The third-order valence-corrected chi connectivity index (χ3v) is 3.36. The Hall–Kier alpha value is -1.56. The number of oxazole rings is 1. The molecule has 0 spiro atoms. The maximum Gasteiger partial charge on any atom is 0.315 e. The average Bonchev–Trinajstić information content (AvgIpc) is 2.71. The number of nitrogens with one attached hydrogen (secondary N) is 2. The summed E-state index contributed by atoms with van der Waals surface area (Å²) in [6, 6.07) is -0.340. The van der Waals surface area contributed by atoms with Gasteiger partial charge in [0.1, 0.15) is 5.76 Å². The van der Waals surface area contributed by atoms with E-state index in [0.29, 0.717) is 18.2 Å². The van der Waals surface area contributed by atoms with Crippen LogP contribution in [0.25, 0.3) is 0 Å². The molecular weight excluding hydrogens is 270 g/mol. The van der Waals surface area contributed by atoms with Gasteiger partial charge in [0, 0.05) is 6.54 Å². The topological polar surface area (TPSA) is 87.4 Å². The van der Waals surface area contributed by atoms with Crippen molar-refractivity contribution < 1.29 is 14.3 Å². The van der Waals surface area contributed by atoms with Crippen molar-refractivity contribution in [3.63, 3.8) is 0 Å². The Bertz CT molecular complexity index is 447. The number of nitrogens with zero attached hydrogens (tertiary/aromatic N) is 1. The van der Waals surface area contributed by atoms with E-state index in [2.05, 4.69) is 29.5 Å². The maximum atomic E-state index is 11.7. The summed E-state index contributed by atoms with van der Waals surface area (Å²) in [6.45, 7) is 10.1. The third kappa shape index (κ3) is 6.62. The van der Waals surface area contributed by atoms with Crippen molar-refractivity contribution in [2.75, 3.05) is 6.54 Å². The predicted octanol–water partition coefficient (Wildman–Crippen LogP) is 2.28. The highest BCUT2D eigenvalue weighted by Crippen LogP contribution is 2.15. The number of aryl methyl sites for hydroxylation is 2. The number of amides is 2. The second-order valence-electron chi connectivity index (χ2n) is 6.21. The number of aliphatic hydroxyl groups is 1. The molecule has 2 amide bonds. The first kappa shape index (κ1) is 17.5. The van der Waals surface area contributed by atoms with Gasteiger partial charge in [-0.05, 0) is 39.5 Å². The van der Waals surface area contributed by atoms with Crippen molar-refractivity contribution in [2.24, 2.45) is 5.92 Å². The summed E-state index contributed by atoms with van der Waals surface area (Å²) in [5.74, 6) is 1.76. The second kappa shape index (κ2) is 7.45. The lowest BCUT2D eigenvalue weighted by atomic mass is 9.95. The lowest BCUT2D eigenvalue weighted by Crippen LogP contribution is -2.44. The first-order valence-electron chi connectivity index (χ1n) is 7.36. The Morgan fingerprint density at radius 2 is 2.05 bits per heavy atom. The fourth-order valence-electron chi connectivity index (χ4n) is 1.79. The summed E-state index contributed by atoms with van der Waals surface area (Å²) in [4.78, 5) is 15.9. The molecule has 3 N–H and O–H groups in total. The number of rotatable bonds is 7. The maximum absolute atomic E-state index is 11.7. The van der Waals surface area contributed by atoms with Crippen LogP contribution in [0, 0.1) is 19.8 Å². The Kier molecular flexibility index (Phi) is 6.20. The highest BCUT2D eigenvalue weighted by atomic mass is 16.4. The molecular formula is C15H27N3O3. The van der Waals surface area contributed by atoms with E-state index in [4.69, 9.17) is 4.42 Å². The van der Waals surface area contributed by atoms with Crippen LogP contribution >= 0.6 is 0 Å². The zero-order chi connectivity index (χ0) is 16.0. The first-order chi connectivity index (χ1) is 9.69. The van der Waals surface area contributed by atoms with Gasteiger partial charge in [-0.25, -0.2) is 9.78 Å². The molecule has 0 aliphatic heterocycles. The van der Waals surface area contributed by atoms with Crippen molar-refractivity contribution in [2.45, 2.75) is 59.6 Å². The minimum atomic E-state index is -0.891. The third-order valence-electron chi connectivity index (χ3n) is 3.36. The largest absolute Gasteiger partial charge is 0.444 e. The number of carbonyl (C=O) groups is 1. The zero-order valence-corrected chi connectivity index (χ0v) is 13.6. The van der Waals surface area contributed by atoms with Crippen molar-refractivity contribution in [3.8, 4) is 0 Å². The molecule has 0 bridgehead atoms. The fraction of sp³-hybridized carbons (Fsp3) is 0.733. The van der Waals surface area contributed by atoms with Crippen LogP contribution in [0.3, 0.4) is 0 Å². The normalized spacial score (nSPS) is 14.0. The number of carbonyl (C=O) groups excluding carboxylic acids is 1. The van der Waals surface area contributed by atoms with Gasteiger partial charge in [-0.1, -0.05) is 13.8 Å². The molecule has 0 saturated heterocycles. The van der Waals surface area contributed by atoms with Crippen molar-refractivity contribution in [1.29, 1.82) is 0 Å². The van der Waals surface area contributed by atoms with E-state index >= 15 is 0 Å². The van der Waals surface area contributed by atoms with E-state index in [9.17, 15) is 9.90 Å². The quantitative estimate of drug-likeness (QED) is 0.720. The van der Waals surface area contributed by atoms with Crippen molar-refractivity contribution in [3.05, 3.63) is 17.3 Å². The smallest absolute Gasteiger partial charge is 0.315 e. The molecule has 0 radical (unpaired) electrons. The lowest BCUT2D eigenvalue weighted by molar-refractivity contribution is 0.0476. The van der Waals surface area contributed by atoms with E-state index in [0.717, 1.165) is 17.9 Å². The molecule has 0 aliphatic rings. The van der Waals surface area contributed by atoms with Crippen molar-refractivity contribution in [1.82, 2.24) is 15.6 Å². The lowest BCUT2D eigenvalue weighted by Gasteiger charge is -2.24. The van der Waals surface area contributed by atoms with Crippen LogP contribution in [-0.2, 0) is 6.54 Å². The number of aromatic nitrogens is 1. The monoisotopic (exact) mass is 297 g/mol. The summed E-state index contributed by atoms with van der Waals surface area (Å²) < 4.78 is 5.37. The van der Waals surface area contributed by atoms with Gasteiger partial charge in [0.2, 0.25) is 5.89 Å². The van der Waals surface area contributed by atoms with E-state index in [-0.39, 0.29) is 19.1 Å². The van der Waals surface area contributed by atoms with E-state index in [1.807, 2.05) is 13.8 Å². The van der Waals surface area contributed by atoms with Crippen LogP contribution in [0.4, 0.5) is 4.79 Å². The molecule has 6 heteroatoms. The van der Waals surface area contributed by atoms with Gasteiger partial charge in [0.15, 0.2) is 0 Å². The molecule has 0 aliphatic carbocycles. The first-order valence-corrected chi connectivity index (χ1v) is 7.36. The SMILES string of the molecule is Cc1nc(CNC(=O)NCC(C)(O)CCC(C)C)oc1C. The van der Waals surface area contributed by atoms with Gasteiger partial charge in [-0.3, -0.25) is 0 Å². The van der Waals surface area contributed by atoms with Crippen molar-refractivity contribution >= 4 is 6.03 Å². The van der Waals surface area contributed by atoms with E-state index in [1.54, 1.807) is 6.92 Å². The molecule has 1 atom stereocenters. The molecule has 1 aromatic rings. The minimum Gasteiger partial charge on any atom is -0.444 e. The summed E-state index contributed by atoms with van der Waals surface area (Å²) in [5, 5.41) is 15.5.